The van der Waals surface area contributed by atoms with Gasteiger partial charge in [-0.3, -0.25) is 14.9 Å². The van der Waals surface area contributed by atoms with Gasteiger partial charge < -0.3 is 14.2 Å². The van der Waals surface area contributed by atoms with Gasteiger partial charge in [-0.05, 0) is 59.7 Å². The van der Waals surface area contributed by atoms with Crippen LogP contribution in [0.5, 0.6) is 17.2 Å². The maximum absolute atomic E-state index is 12.3. The molecule has 0 saturated carbocycles. The van der Waals surface area contributed by atoms with E-state index in [1.165, 1.54) is 32.6 Å². The fraction of sp³-hybridized carbons (Fsp3) is 0.130. The van der Waals surface area contributed by atoms with E-state index in [1.54, 1.807) is 54.6 Å². The summed E-state index contributed by atoms with van der Waals surface area (Å²) in [5, 5.41) is 14.7. The maximum atomic E-state index is 12.3. The first-order chi connectivity index (χ1) is 15.5. The number of hydrogen-bond donors (Lipinski definition) is 1. The average Bonchev–Trinajstić information content (AvgIpc) is 2.83. The van der Waals surface area contributed by atoms with Gasteiger partial charge in [0.2, 0.25) is 0 Å². The van der Waals surface area contributed by atoms with Crippen LogP contribution in [0.3, 0.4) is 0 Å². The Kier molecular flexibility index (Phi) is 7.37. The van der Waals surface area contributed by atoms with Crippen molar-refractivity contribution in [2.75, 3.05) is 14.2 Å². The highest BCUT2D eigenvalue weighted by atomic mass is 16.6. The zero-order valence-electron chi connectivity index (χ0n) is 17.5. The van der Waals surface area contributed by atoms with E-state index in [-0.39, 0.29) is 12.3 Å². The summed E-state index contributed by atoms with van der Waals surface area (Å²) in [6, 6.07) is 18.2. The van der Waals surface area contributed by atoms with Crippen molar-refractivity contribution in [3.63, 3.8) is 0 Å². The van der Waals surface area contributed by atoms with Crippen LogP contribution in [0.4, 0.5) is 5.69 Å². The molecule has 0 radical (unpaired) electrons. The highest BCUT2D eigenvalue weighted by Crippen LogP contribution is 2.24. The number of benzene rings is 3. The minimum absolute atomic E-state index is 0.0370. The summed E-state index contributed by atoms with van der Waals surface area (Å²) in [6.45, 7) is 0.283. The Labute approximate surface area is 184 Å². The summed E-state index contributed by atoms with van der Waals surface area (Å²) in [4.78, 5) is 22.6. The second-order valence-electron chi connectivity index (χ2n) is 6.55. The van der Waals surface area contributed by atoms with Crippen molar-refractivity contribution in [2.45, 2.75) is 6.61 Å². The number of nitrogens with one attached hydrogen (secondary N) is 1. The molecule has 3 aromatic carbocycles. The molecule has 0 aliphatic heterocycles. The Balaban J connectivity index is 1.54. The van der Waals surface area contributed by atoms with Gasteiger partial charge in [-0.25, -0.2) is 5.43 Å². The van der Waals surface area contributed by atoms with Crippen molar-refractivity contribution >= 4 is 17.8 Å². The average molecular weight is 435 g/mol. The molecule has 164 valence electrons. The summed E-state index contributed by atoms with van der Waals surface area (Å²) >= 11 is 0. The lowest BCUT2D eigenvalue weighted by molar-refractivity contribution is -0.384. The number of amides is 1. The molecule has 0 atom stereocenters. The highest BCUT2D eigenvalue weighted by Gasteiger charge is 2.12. The van der Waals surface area contributed by atoms with Crippen LogP contribution in [-0.2, 0) is 6.61 Å². The zero-order chi connectivity index (χ0) is 22.9. The molecule has 0 saturated heterocycles. The number of carbonyl (C=O) groups excluding carboxylic acids is 1. The van der Waals surface area contributed by atoms with Gasteiger partial charge in [0.05, 0.1) is 30.9 Å². The second-order valence-corrected chi connectivity index (χ2v) is 6.55. The van der Waals surface area contributed by atoms with E-state index in [0.29, 0.717) is 22.8 Å². The molecular formula is C23H21N3O6. The molecule has 0 unspecified atom stereocenters. The Morgan fingerprint density at radius 2 is 1.69 bits per heavy atom. The van der Waals surface area contributed by atoms with Gasteiger partial charge in [0, 0.05) is 18.2 Å². The third kappa shape index (κ3) is 5.82. The van der Waals surface area contributed by atoms with Crippen LogP contribution in [0.25, 0.3) is 0 Å². The predicted molar refractivity (Wildman–Crippen MR) is 118 cm³/mol. The van der Waals surface area contributed by atoms with E-state index in [0.717, 1.165) is 11.1 Å². The molecule has 3 aromatic rings. The fourth-order valence-electron chi connectivity index (χ4n) is 2.74. The van der Waals surface area contributed by atoms with Crippen LogP contribution < -0.4 is 19.6 Å². The molecule has 32 heavy (non-hydrogen) atoms. The molecule has 9 nitrogen and oxygen atoms in total. The van der Waals surface area contributed by atoms with Crippen molar-refractivity contribution in [3.05, 3.63) is 93.5 Å². The number of hydrogen-bond acceptors (Lipinski definition) is 7. The monoisotopic (exact) mass is 435 g/mol. The van der Waals surface area contributed by atoms with Crippen LogP contribution in [0.15, 0.2) is 71.8 Å². The molecule has 0 aromatic heterocycles. The lowest BCUT2D eigenvalue weighted by atomic mass is 10.2. The first-order valence-corrected chi connectivity index (χ1v) is 9.52. The van der Waals surface area contributed by atoms with Crippen molar-refractivity contribution in [1.29, 1.82) is 0 Å². The second kappa shape index (κ2) is 10.6. The smallest absolute Gasteiger partial charge is 0.275 e. The number of nitro benzene ring substituents is 1. The Hall–Kier alpha value is -4.40. The van der Waals surface area contributed by atoms with Gasteiger partial charge in [-0.2, -0.15) is 5.10 Å². The van der Waals surface area contributed by atoms with Crippen molar-refractivity contribution in [1.82, 2.24) is 5.43 Å². The summed E-state index contributed by atoms with van der Waals surface area (Å²) in [5.74, 6) is 1.18. The van der Waals surface area contributed by atoms with Crippen molar-refractivity contribution in [2.24, 2.45) is 5.10 Å². The third-order valence-corrected chi connectivity index (χ3v) is 4.47. The largest absolute Gasteiger partial charge is 0.497 e. The number of methoxy groups -OCH3 is 2. The van der Waals surface area contributed by atoms with Gasteiger partial charge >= 0.3 is 0 Å². The Bertz CT molecular complexity index is 1110. The molecule has 1 N–H and O–H groups in total. The van der Waals surface area contributed by atoms with Crippen molar-refractivity contribution in [3.8, 4) is 17.2 Å². The highest BCUT2D eigenvalue weighted by molar-refractivity contribution is 5.97. The number of carbonyl (C=O) groups is 1. The van der Waals surface area contributed by atoms with Gasteiger partial charge in [-0.15, -0.1) is 0 Å². The van der Waals surface area contributed by atoms with Crippen LogP contribution in [-0.4, -0.2) is 31.3 Å². The SMILES string of the molecule is COc1ccc(C(=O)NN=Cc2ccc(OCc3ccc([N+](=O)[O-])cc3)cc2)c(OC)c1. The molecular weight excluding hydrogens is 414 g/mol. The molecule has 0 bridgehead atoms. The molecule has 0 spiro atoms. The van der Waals surface area contributed by atoms with Gasteiger partial charge in [0.1, 0.15) is 23.9 Å². The zero-order valence-corrected chi connectivity index (χ0v) is 17.5. The van der Waals surface area contributed by atoms with E-state index in [1.807, 2.05) is 0 Å². The number of nitrogens with zero attached hydrogens (tertiary/aromatic N) is 2. The number of hydrazone groups is 1. The summed E-state index contributed by atoms with van der Waals surface area (Å²) < 4.78 is 16.0. The molecule has 1 amide bonds. The normalized spacial score (nSPS) is 10.6. The number of nitro groups is 1. The third-order valence-electron chi connectivity index (χ3n) is 4.47. The molecule has 0 aliphatic carbocycles. The maximum Gasteiger partial charge on any atom is 0.275 e. The molecule has 0 fully saturated rings. The topological polar surface area (TPSA) is 112 Å². The molecule has 0 aliphatic rings. The summed E-state index contributed by atoms with van der Waals surface area (Å²) in [6.07, 6.45) is 1.51. The minimum Gasteiger partial charge on any atom is -0.497 e. The molecule has 3 rings (SSSR count). The molecule has 9 heteroatoms. The van der Waals surface area contributed by atoms with Crippen LogP contribution in [0, 0.1) is 10.1 Å². The fourth-order valence-corrected chi connectivity index (χ4v) is 2.74. The van der Waals surface area contributed by atoms with E-state index in [4.69, 9.17) is 14.2 Å². The first-order valence-electron chi connectivity index (χ1n) is 9.52. The van der Waals surface area contributed by atoms with Crippen LogP contribution in [0.1, 0.15) is 21.5 Å². The summed E-state index contributed by atoms with van der Waals surface area (Å²) in [5.41, 5.74) is 4.41. The van der Waals surface area contributed by atoms with Gasteiger partial charge in [-0.1, -0.05) is 0 Å². The minimum atomic E-state index is -0.444. The van der Waals surface area contributed by atoms with Crippen LogP contribution in [0.2, 0.25) is 0 Å². The van der Waals surface area contributed by atoms with E-state index < -0.39 is 10.8 Å². The standard InChI is InChI=1S/C23H21N3O6/c1-30-20-11-12-21(22(13-20)31-2)23(27)25-24-14-16-5-9-19(10-6-16)32-15-17-3-7-18(8-4-17)26(28)29/h3-14H,15H2,1-2H3,(H,25,27). The van der Waals surface area contributed by atoms with Crippen LogP contribution >= 0.6 is 0 Å². The lowest BCUT2D eigenvalue weighted by Gasteiger charge is -2.09. The van der Waals surface area contributed by atoms with E-state index >= 15 is 0 Å². The number of ether oxygens (including phenoxy) is 3. The lowest BCUT2D eigenvalue weighted by Crippen LogP contribution is -2.18. The Morgan fingerprint density at radius 1 is 1.00 bits per heavy atom. The summed E-state index contributed by atoms with van der Waals surface area (Å²) in [7, 11) is 3.00. The van der Waals surface area contributed by atoms with Gasteiger partial charge in [0.25, 0.3) is 11.6 Å². The van der Waals surface area contributed by atoms with E-state index in [2.05, 4.69) is 10.5 Å². The predicted octanol–water partition coefficient (Wildman–Crippen LogP) is 3.95. The molecule has 0 heterocycles. The quantitative estimate of drug-likeness (QED) is 0.309. The van der Waals surface area contributed by atoms with Crippen molar-refractivity contribution < 1.29 is 23.9 Å². The number of rotatable bonds is 9. The van der Waals surface area contributed by atoms with E-state index in [9.17, 15) is 14.9 Å². The van der Waals surface area contributed by atoms with Gasteiger partial charge in [0.15, 0.2) is 0 Å². The Morgan fingerprint density at radius 3 is 2.31 bits per heavy atom. The first kappa shape index (κ1) is 22.3. The number of non-ortho nitro benzene ring substituents is 1.